The van der Waals surface area contributed by atoms with Gasteiger partial charge in [0.25, 0.3) is 0 Å². The molecule has 0 aliphatic carbocycles. The molecule has 120 valence electrons. The van der Waals surface area contributed by atoms with Crippen LogP contribution in [0.25, 0.3) is 0 Å². The molecule has 0 N–H and O–H groups in total. The summed E-state index contributed by atoms with van der Waals surface area (Å²) in [6.45, 7) is 3.75. The number of methoxy groups -OCH3 is 1. The molecular weight excluding hydrogens is 306 g/mol. The first-order chi connectivity index (χ1) is 10.5. The number of hydrogen-bond acceptors (Lipinski definition) is 7. The number of nitrogens with zero attached hydrogens (tertiary/aromatic N) is 5. The van der Waals surface area contributed by atoms with Crippen LogP contribution in [0.15, 0.2) is 6.07 Å². The van der Waals surface area contributed by atoms with Gasteiger partial charge < -0.3 is 9.64 Å². The molecule has 1 saturated heterocycles. The Morgan fingerprint density at radius 2 is 2.00 bits per heavy atom. The second-order valence-electron chi connectivity index (χ2n) is 5.00. The third-order valence-corrected chi connectivity index (χ3v) is 5.25. The summed E-state index contributed by atoms with van der Waals surface area (Å²) in [7, 11) is -1.80. The zero-order valence-corrected chi connectivity index (χ0v) is 13.5. The van der Waals surface area contributed by atoms with Crippen molar-refractivity contribution in [3.63, 3.8) is 0 Å². The van der Waals surface area contributed by atoms with Crippen molar-refractivity contribution in [2.24, 2.45) is 0 Å². The Morgan fingerprint density at radius 3 is 2.59 bits per heavy atom. The number of hydrogen-bond donors (Lipinski definition) is 0. The number of ether oxygens (including phenoxy) is 1. The van der Waals surface area contributed by atoms with Crippen molar-refractivity contribution in [1.29, 1.82) is 5.26 Å². The van der Waals surface area contributed by atoms with E-state index in [-0.39, 0.29) is 12.4 Å². The Balaban J connectivity index is 2.04. The summed E-state index contributed by atoms with van der Waals surface area (Å²) in [6, 6.07) is 3.63. The summed E-state index contributed by atoms with van der Waals surface area (Å²) in [5.41, 5.74) is 1.04. The fourth-order valence-electron chi connectivity index (χ4n) is 2.24. The minimum absolute atomic E-state index is 0.0109. The molecule has 0 radical (unpaired) electrons. The lowest BCUT2D eigenvalue weighted by molar-refractivity contribution is 0.215. The number of aryl methyl sites for hydroxylation is 1. The lowest BCUT2D eigenvalue weighted by atomic mass is 10.3. The Bertz CT molecular complexity index is 663. The normalized spacial score (nSPS) is 16.5. The third kappa shape index (κ3) is 3.91. The number of rotatable bonds is 5. The molecule has 0 aromatic carbocycles. The second-order valence-corrected chi connectivity index (χ2v) is 7.09. The SMILES string of the molecule is COCCS(=O)(=O)N1CCN(c2nc(C)cc(C#N)n2)CC1. The lowest BCUT2D eigenvalue weighted by Crippen LogP contribution is -2.50. The summed E-state index contributed by atoms with van der Waals surface area (Å²) in [5.74, 6) is 0.466. The van der Waals surface area contributed by atoms with Gasteiger partial charge >= 0.3 is 0 Å². The highest BCUT2D eigenvalue weighted by atomic mass is 32.2. The van der Waals surface area contributed by atoms with E-state index < -0.39 is 10.0 Å². The zero-order chi connectivity index (χ0) is 16.2. The van der Waals surface area contributed by atoms with E-state index in [2.05, 4.69) is 9.97 Å². The number of sulfonamides is 1. The van der Waals surface area contributed by atoms with Gasteiger partial charge in [-0.3, -0.25) is 0 Å². The minimum Gasteiger partial charge on any atom is -0.384 e. The molecule has 2 rings (SSSR count). The molecule has 1 aliphatic rings. The van der Waals surface area contributed by atoms with Gasteiger partial charge in [-0.1, -0.05) is 0 Å². The van der Waals surface area contributed by atoms with Crippen molar-refractivity contribution in [1.82, 2.24) is 14.3 Å². The first-order valence-corrected chi connectivity index (χ1v) is 8.54. The molecule has 1 aliphatic heterocycles. The summed E-state index contributed by atoms with van der Waals surface area (Å²) >= 11 is 0. The van der Waals surface area contributed by atoms with E-state index in [1.165, 1.54) is 11.4 Å². The first-order valence-electron chi connectivity index (χ1n) is 6.94. The maximum Gasteiger partial charge on any atom is 0.226 e. The van der Waals surface area contributed by atoms with Gasteiger partial charge in [-0.2, -0.15) is 9.57 Å². The maximum atomic E-state index is 12.1. The Morgan fingerprint density at radius 1 is 1.32 bits per heavy atom. The van der Waals surface area contributed by atoms with Crippen molar-refractivity contribution in [3.8, 4) is 6.07 Å². The Kier molecular flexibility index (Phi) is 5.28. The van der Waals surface area contributed by atoms with Crippen LogP contribution in [-0.4, -0.2) is 68.3 Å². The summed E-state index contributed by atoms with van der Waals surface area (Å²) in [5, 5.41) is 8.96. The fraction of sp³-hybridized carbons (Fsp3) is 0.615. The van der Waals surface area contributed by atoms with Crippen LogP contribution in [-0.2, 0) is 14.8 Å². The standard InChI is InChI=1S/C13H19N5O3S/c1-11-9-12(10-14)16-13(15-11)17-3-5-18(6-4-17)22(19,20)8-7-21-2/h9H,3-8H2,1-2H3. The van der Waals surface area contributed by atoms with Crippen LogP contribution in [0.4, 0.5) is 5.95 Å². The molecule has 9 heteroatoms. The molecule has 8 nitrogen and oxygen atoms in total. The molecule has 1 fully saturated rings. The topological polar surface area (TPSA) is 99.4 Å². The Labute approximate surface area is 130 Å². The molecule has 1 aromatic heterocycles. The lowest BCUT2D eigenvalue weighted by Gasteiger charge is -2.34. The molecule has 0 atom stereocenters. The quantitative estimate of drug-likeness (QED) is 0.736. The van der Waals surface area contributed by atoms with Gasteiger partial charge in [-0.05, 0) is 13.0 Å². The van der Waals surface area contributed by atoms with E-state index in [4.69, 9.17) is 10.00 Å². The van der Waals surface area contributed by atoms with Crippen LogP contribution in [0.3, 0.4) is 0 Å². The van der Waals surface area contributed by atoms with Crippen molar-refractivity contribution >= 4 is 16.0 Å². The van der Waals surface area contributed by atoms with Gasteiger partial charge in [0.15, 0.2) is 0 Å². The predicted molar refractivity (Wildman–Crippen MR) is 80.9 cm³/mol. The van der Waals surface area contributed by atoms with Crippen molar-refractivity contribution in [2.75, 3.05) is 50.5 Å². The molecule has 22 heavy (non-hydrogen) atoms. The smallest absolute Gasteiger partial charge is 0.226 e. The van der Waals surface area contributed by atoms with Crippen LogP contribution in [0.2, 0.25) is 0 Å². The molecule has 1 aromatic rings. The largest absolute Gasteiger partial charge is 0.384 e. The van der Waals surface area contributed by atoms with Crippen LogP contribution in [0.1, 0.15) is 11.4 Å². The van der Waals surface area contributed by atoms with Crippen LogP contribution < -0.4 is 4.90 Å². The molecule has 0 spiro atoms. The first kappa shape index (κ1) is 16.6. The van der Waals surface area contributed by atoms with Crippen LogP contribution in [0.5, 0.6) is 0 Å². The van der Waals surface area contributed by atoms with Crippen molar-refractivity contribution < 1.29 is 13.2 Å². The molecule has 0 amide bonds. The summed E-state index contributed by atoms with van der Waals surface area (Å²) in [4.78, 5) is 10.4. The molecule has 0 unspecified atom stereocenters. The van der Waals surface area contributed by atoms with Gasteiger partial charge in [-0.25, -0.2) is 18.4 Å². The number of piperazine rings is 1. The highest BCUT2D eigenvalue weighted by molar-refractivity contribution is 7.89. The fourth-order valence-corrected chi connectivity index (χ4v) is 3.59. The van der Waals surface area contributed by atoms with E-state index >= 15 is 0 Å². The predicted octanol–water partition coefficient (Wildman–Crippen LogP) is -0.245. The van der Waals surface area contributed by atoms with Gasteiger partial charge in [0, 0.05) is 39.0 Å². The maximum absolute atomic E-state index is 12.1. The highest BCUT2D eigenvalue weighted by Crippen LogP contribution is 2.15. The second kappa shape index (κ2) is 7.00. The average molecular weight is 325 g/mol. The zero-order valence-electron chi connectivity index (χ0n) is 12.7. The molecular formula is C13H19N5O3S. The van der Waals surface area contributed by atoms with Crippen LogP contribution in [0, 0.1) is 18.3 Å². The Hall–Kier alpha value is -1.76. The monoisotopic (exact) mass is 325 g/mol. The van der Waals surface area contributed by atoms with Gasteiger partial charge in [0.1, 0.15) is 11.8 Å². The summed E-state index contributed by atoms with van der Waals surface area (Å²) < 4.78 is 30.5. The molecule has 0 bridgehead atoms. The molecule has 0 saturated carbocycles. The van der Waals surface area contributed by atoms with Gasteiger partial charge in [0.2, 0.25) is 16.0 Å². The summed E-state index contributed by atoms with van der Waals surface area (Å²) in [6.07, 6.45) is 0. The van der Waals surface area contributed by atoms with Crippen LogP contribution >= 0.6 is 0 Å². The van der Waals surface area contributed by atoms with Gasteiger partial charge in [0.05, 0.1) is 12.4 Å². The number of anilines is 1. The van der Waals surface area contributed by atoms with Gasteiger partial charge in [-0.15, -0.1) is 0 Å². The van der Waals surface area contributed by atoms with E-state index in [1.54, 1.807) is 13.0 Å². The van der Waals surface area contributed by atoms with Crippen molar-refractivity contribution in [2.45, 2.75) is 6.92 Å². The van der Waals surface area contributed by atoms with E-state index in [0.29, 0.717) is 37.8 Å². The van der Waals surface area contributed by atoms with Crippen molar-refractivity contribution in [3.05, 3.63) is 17.5 Å². The average Bonchev–Trinajstić information content (AvgIpc) is 2.52. The third-order valence-electron chi connectivity index (χ3n) is 3.42. The molecule has 2 heterocycles. The minimum atomic E-state index is -3.28. The van der Waals surface area contributed by atoms with E-state index in [0.717, 1.165) is 5.69 Å². The number of nitriles is 1. The van der Waals surface area contributed by atoms with E-state index in [9.17, 15) is 8.42 Å². The number of aromatic nitrogens is 2. The van der Waals surface area contributed by atoms with E-state index in [1.807, 2.05) is 11.0 Å². The highest BCUT2D eigenvalue weighted by Gasteiger charge is 2.27.